The molecule has 2 aromatic rings. The highest BCUT2D eigenvalue weighted by atomic mass is 16.5. The van der Waals surface area contributed by atoms with Gasteiger partial charge in [-0.2, -0.15) is 0 Å². The molecule has 0 aromatic heterocycles. The summed E-state index contributed by atoms with van der Waals surface area (Å²) in [6.45, 7) is 7.38. The lowest BCUT2D eigenvalue weighted by Crippen LogP contribution is -2.30. The summed E-state index contributed by atoms with van der Waals surface area (Å²) in [4.78, 5) is 36.3. The number of rotatable bonds is 7. The van der Waals surface area contributed by atoms with Crippen molar-refractivity contribution in [1.29, 1.82) is 0 Å². The van der Waals surface area contributed by atoms with Crippen LogP contribution in [-0.2, 0) is 14.3 Å². The highest BCUT2D eigenvalue weighted by Gasteiger charge is 2.19. The van der Waals surface area contributed by atoms with Crippen molar-refractivity contribution < 1.29 is 19.1 Å². The van der Waals surface area contributed by atoms with E-state index in [1.54, 1.807) is 18.2 Å². The van der Waals surface area contributed by atoms with Gasteiger partial charge >= 0.3 is 5.97 Å². The Morgan fingerprint density at radius 1 is 0.926 bits per heavy atom. The second-order valence-electron chi connectivity index (χ2n) is 6.71. The minimum Gasteiger partial charge on any atom is -0.453 e. The maximum Gasteiger partial charge on any atom is 0.307 e. The van der Waals surface area contributed by atoms with Gasteiger partial charge in [0.2, 0.25) is 0 Å². The molecule has 0 spiro atoms. The molecule has 0 saturated carbocycles. The van der Waals surface area contributed by atoms with E-state index in [0.717, 1.165) is 16.7 Å². The van der Waals surface area contributed by atoms with E-state index in [0.29, 0.717) is 11.3 Å². The number of anilines is 1. The van der Waals surface area contributed by atoms with Gasteiger partial charge in [-0.1, -0.05) is 29.8 Å². The summed E-state index contributed by atoms with van der Waals surface area (Å²) in [5, 5.41) is 2.69. The molecule has 0 unspecified atom stereocenters. The molecular formula is C22H25NO4. The van der Waals surface area contributed by atoms with E-state index in [-0.39, 0.29) is 18.6 Å². The normalized spacial score (nSPS) is 11.6. The SMILES string of the molecule is Cc1ccc(NC(=O)[C@@H](C)OC(=O)CCC(=O)c2ccc(C)c(C)c2)cc1. The van der Waals surface area contributed by atoms with Gasteiger partial charge in [-0.15, -0.1) is 0 Å². The predicted octanol–water partition coefficient (Wildman–Crippen LogP) is 4.15. The molecule has 5 nitrogen and oxygen atoms in total. The van der Waals surface area contributed by atoms with E-state index in [1.165, 1.54) is 6.92 Å². The van der Waals surface area contributed by atoms with Crippen LogP contribution in [-0.4, -0.2) is 23.8 Å². The Bertz CT molecular complexity index is 840. The Hall–Kier alpha value is -2.95. The number of ether oxygens (including phenoxy) is 1. The van der Waals surface area contributed by atoms with Crippen molar-refractivity contribution in [2.24, 2.45) is 0 Å². The summed E-state index contributed by atoms with van der Waals surface area (Å²) < 4.78 is 5.13. The zero-order valence-corrected chi connectivity index (χ0v) is 16.2. The fourth-order valence-electron chi connectivity index (χ4n) is 2.47. The number of nitrogens with one attached hydrogen (secondary N) is 1. The van der Waals surface area contributed by atoms with Gasteiger partial charge in [0.05, 0.1) is 6.42 Å². The van der Waals surface area contributed by atoms with Crippen molar-refractivity contribution in [3.05, 3.63) is 64.7 Å². The molecule has 0 radical (unpaired) electrons. The largest absolute Gasteiger partial charge is 0.453 e. The number of aryl methyl sites for hydroxylation is 3. The van der Waals surface area contributed by atoms with Crippen LogP contribution in [0.15, 0.2) is 42.5 Å². The second kappa shape index (κ2) is 9.12. The molecule has 142 valence electrons. The first kappa shape index (κ1) is 20.4. The molecule has 0 bridgehead atoms. The average Bonchev–Trinajstić information content (AvgIpc) is 2.63. The molecule has 0 aliphatic heterocycles. The van der Waals surface area contributed by atoms with Gasteiger partial charge in [0, 0.05) is 17.7 Å². The van der Waals surface area contributed by atoms with Crippen LogP contribution in [0.3, 0.4) is 0 Å². The molecule has 5 heteroatoms. The second-order valence-corrected chi connectivity index (χ2v) is 6.71. The monoisotopic (exact) mass is 367 g/mol. The van der Waals surface area contributed by atoms with Crippen molar-refractivity contribution in [2.75, 3.05) is 5.32 Å². The number of benzene rings is 2. The summed E-state index contributed by atoms with van der Waals surface area (Å²) in [7, 11) is 0. The maximum absolute atomic E-state index is 12.2. The molecule has 0 fully saturated rings. The van der Waals surface area contributed by atoms with Crippen LogP contribution in [0.2, 0.25) is 0 Å². The van der Waals surface area contributed by atoms with E-state index >= 15 is 0 Å². The average molecular weight is 367 g/mol. The first-order chi connectivity index (χ1) is 12.8. The zero-order chi connectivity index (χ0) is 20.0. The lowest BCUT2D eigenvalue weighted by molar-refractivity contribution is -0.153. The van der Waals surface area contributed by atoms with Crippen LogP contribution >= 0.6 is 0 Å². The predicted molar refractivity (Wildman–Crippen MR) is 105 cm³/mol. The van der Waals surface area contributed by atoms with Gasteiger partial charge in [-0.05, 0) is 57.0 Å². The van der Waals surface area contributed by atoms with Crippen molar-refractivity contribution >= 4 is 23.3 Å². The number of Topliss-reactive ketones (excluding diaryl/α,β-unsaturated/α-hetero) is 1. The van der Waals surface area contributed by atoms with E-state index in [9.17, 15) is 14.4 Å². The Labute approximate surface area is 159 Å². The molecule has 2 rings (SSSR count). The van der Waals surface area contributed by atoms with Crippen LogP contribution in [0.1, 0.15) is 46.8 Å². The summed E-state index contributed by atoms with van der Waals surface area (Å²) in [6, 6.07) is 12.8. The minimum absolute atomic E-state index is 0.0492. The molecule has 1 atom stereocenters. The van der Waals surface area contributed by atoms with Crippen molar-refractivity contribution in [1.82, 2.24) is 0 Å². The Morgan fingerprint density at radius 3 is 2.22 bits per heavy atom. The summed E-state index contributed by atoms with van der Waals surface area (Å²) >= 11 is 0. The molecule has 1 amide bonds. The van der Waals surface area contributed by atoms with E-state index in [2.05, 4.69) is 5.32 Å². The number of ketones is 1. The highest BCUT2D eigenvalue weighted by molar-refractivity contribution is 5.98. The van der Waals surface area contributed by atoms with Crippen LogP contribution in [0.4, 0.5) is 5.69 Å². The van der Waals surface area contributed by atoms with Gasteiger partial charge in [0.25, 0.3) is 5.91 Å². The van der Waals surface area contributed by atoms with Crippen LogP contribution < -0.4 is 5.32 Å². The van der Waals surface area contributed by atoms with Gasteiger partial charge < -0.3 is 10.1 Å². The Balaban J connectivity index is 1.81. The molecule has 0 aliphatic carbocycles. The molecule has 1 N–H and O–H groups in total. The smallest absolute Gasteiger partial charge is 0.307 e. The Kier molecular flexibility index (Phi) is 6.88. The third-order valence-electron chi connectivity index (χ3n) is 4.38. The summed E-state index contributed by atoms with van der Waals surface area (Å²) in [5.41, 5.74) is 4.44. The fourth-order valence-corrected chi connectivity index (χ4v) is 2.47. The number of carbonyl (C=O) groups excluding carboxylic acids is 3. The number of amides is 1. The molecule has 27 heavy (non-hydrogen) atoms. The summed E-state index contributed by atoms with van der Waals surface area (Å²) in [5.74, 6) is -1.10. The van der Waals surface area contributed by atoms with Gasteiger partial charge in [0.15, 0.2) is 11.9 Å². The minimum atomic E-state index is -0.935. The van der Waals surface area contributed by atoms with Crippen LogP contribution in [0.5, 0.6) is 0 Å². The van der Waals surface area contributed by atoms with E-state index in [4.69, 9.17) is 4.74 Å². The molecular weight excluding hydrogens is 342 g/mol. The molecule has 2 aromatic carbocycles. The van der Waals surface area contributed by atoms with Gasteiger partial charge in [0.1, 0.15) is 0 Å². The number of hydrogen-bond acceptors (Lipinski definition) is 4. The Morgan fingerprint density at radius 2 is 1.59 bits per heavy atom. The molecule has 0 aliphatic rings. The van der Waals surface area contributed by atoms with Gasteiger partial charge in [-0.3, -0.25) is 14.4 Å². The first-order valence-electron chi connectivity index (χ1n) is 8.93. The number of carbonyl (C=O) groups is 3. The maximum atomic E-state index is 12.2. The lowest BCUT2D eigenvalue weighted by atomic mass is 10.0. The summed E-state index contributed by atoms with van der Waals surface area (Å²) in [6.07, 6.45) is -0.947. The lowest BCUT2D eigenvalue weighted by Gasteiger charge is -2.13. The van der Waals surface area contributed by atoms with E-state index in [1.807, 2.05) is 45.0 Å². The molecule has 0 saturated heterocycles. The van der Waals surface area contributed by atoms with E-state index < -0.39 is 18.0 Å². The first-order valence-corrected chi connectivity index (χ1v) is 8.93. The third kappa shape index (κ3) is 6.06. The van der Waals surface area contributed by atoms with Crippen molar-refractivity contribution in [2.45, 2.75) is 46.6 Å². The number of hydrogen-bond donors (Lipinski definition) is 1. The van der Waals surface area contributed by atoms with Crippen molar-refractivity contribution in [3.63, 3.8) is 0 Å². The van der Waals surface area contributed by atoms with Gasteiger partial charge in [-0.25, -0.2) is 0 Å². The number of esters is 1. The quantitative estimate of drug-likeness (QED) is 0.589. The highest BCUT2D eigenvalue weighted by Crippen LogP contribution is 2.13. The zero-order valence-electron chi connectivity index (χ0n) is 16.2. The third-order valence-corrected chi connectivity index (χ3v) is 4.38. The fraction of sp³-hybridized carbons (Fsp3) is 0.318. The van der Waals surface area contributed by atoms with Crippen molar-refractivity contribution in [3.8, 4) is 0 Å². The van der Waals surface area contributed by atoms with Crippen LogP contribution in [0.25, 0.3) is 0 Å². The molecule has 0 heterocycles. The standard InChI is InChI=1S/C22H25NO4/c1-14-5-9-19(10-6-14)23-22(26)17(4)27-21(25)12-11-20(24)18-8-7-15(2)16(3)13-18/h5-10,13,17H,11-12H2,1-4H3,(H,23,26)/t17-/m1/s1. The van der Waals surface area contributed by atoms with Crippen LogP contribution in [0, 0.1) is 20.8 Å². The topological polar surface area (TPSA) is 72.5 Å².